The summed E-state index contributed by atoms with van der Waals surface area (Å²) >= 11 is 3.29. The molecule has 0 aliphatic carbocycles. The lowest BCUT2D eigenvalue weighted by molar-refractivity contribution is -0.137. The molecular weight excluding hydrogens is 425 g/mol. The normalized spacial score (nSPS) is 15.8. The lowest BCUT2D eigenvalue weighted by atomic mass is 10.1. The number of rotatable bonds is 3. The predicted molar refractivity (Wildman–Crippen MR) is 98.4 cm³/mol. The fourth-order valence-electron chi connectivity index (χ4n) is 3.02. The van der Waals surface area contributed by atoms with Crippen LogP contribution < -0.4 is 0 Å². The van der Waals surface area contributed by atoms with Crippen LogP contribution in [0.4, 0.5) is 13.2 Å². The van der Waals surface area contributed by atoms with Crippen molar-refractivity contribution in [2.24, 2.45) is 0 Å². The summed E-state index contributed by atoms with van der Waals surface area (Å²) in [5, 5.41) is 9.90. The molecule has 1 aliphatic heterocycles. The quantitative estimate of drug-likeness (QED) is 0.776. The molecule has 0 radical (unpaired) electrons. The number of alkyl halides is 3. The van der Waals surface area contributed by atoms with Crippen LogP contribution in [0.5, 0.6) is 5.75 Å². The summed E-state index contributed by atoms with van der Waals surface area (Å²) in [5.41, 5.74) is 0.392. The summed E-state index contributed by atoms with van der Waals surface area (Å²) in [4.78, 5) is 16.4. The van der Waals surface area contributed by atoms with Crippen molar-refractivity contribution in [3.8, 4) is 5.75 Å². The van der Waals surface area contributed by atoms with E-state index < -0.39 is 11.7 Å². The first-order chi connectivity index (χ1) is 12.7. The average molecular weight is 443 g/mol. The van der Waals surface area contributed by atoms with Crippen molar-refractivity contribution in [1.82, 2.24) is 9.80 Å². The van der Waals surface area contributed by atoms with E-state index in [4.69, 9.17) is 0 Å². The first kappa shape index (κ1) is 19.7. The standard InChI is InChI=1S/C19H18BrF3N2O2/c20-15-5-6-17(26)16(11-15)18(27)25-9-7-24(8-10-25)12-13-1-3-14(4-2-13)19(21,22)23/h1-6,11,26H,7-10,12H2. The average Bonchev–Trinajstić information content (AvgIpc) is 2.63. The third-order valence-electron chi connectivity index (χ3n) is 4.54. The van der Waals surface area contributed by atoms with E-state index in [1.807, 2.05) is 0 Å². The minimum Gasteiger partial charge on any atom is -0.507 e. The van der Waals surface area contributed by atoms with Gasteiger partial charge in [0.25, 0.3) is 5.91 Å². The van der Waals surface area contributed by atoms with Crippen molar-refractivity contribution in [2.45, 2.75) is 12.7 Å². The van der Waals surface area contributed by atoms with Gasteiger partial charge in [-0.3, -0.25) is 9.69 Å². The Kier molecular flexibility index (Phi) is 5.76. The highest BCUT2D eigenvalue weighted by Crippen LogP contribution is 2.29. The first-order valence-corrected chi connectivity index (χ1v) is 9.19. The SMILES string of the molecule is O=C(c1cc(Br)ccc1O)N1CCN(Cc2ccc(C(F)(F)F)cc2)CC1. The molecule has 4 nitrogen and oxygen atoms in total. The number of aromatic hydroxyl groups is 1. The fourth-order valence-corrected chi connectivity index (χ4v) is 3.38. The van der Waals surface area contributed by atoms with Gasteiger partial charge in [0.15, 0.2) is 0 Å². The van der Waals surface area contributed by atoms with E-state index in [1.165, 1.54) is 18.2 Å². The van der Waals surface area contributed by atoms with Crippen LogP contribution in [0.1, 0.15) is 21.5 Å². The number of piperazine rings is 1. The van der Waals surface area contributed by atoms with Crippen LogP contribution in [-0.2, 0) is 12.7 Å². The zero-order chi connectivity index (χ0) is 19.6. The molecule has 144 valence electrons. The summed E-state index contributed by atoms with van der Waals surface area (Å²) in [5.74, 6) is -0.293. The summed E-state index contributed by atoms with van der Waals surface area (Å²) in [6, 6.07) is 9.87. The minimum absolute atomic E-state index is 0.0598. The summed E-state index contributed by atoms with van der Waals surface area (Å²) in [6.45, 7) is 2.74. The van der Waals surface area contributed by atoms with Gasteiger partial charge in [0, 0.05) is 37.2 Å². The van der Waals surface area contributed by atoms with Crippen molar-refractivity contribution in [3.63, 3.8) is 0 Å². The third kappa shape index (κ3) is 4.81. The van der Waals surface area contributed by atoms with Crippen LogP contribution in [0.2, 0.25) is 0 Å². The third-order valence-corrected chi connectivity index (χ3v) is 5.03. The van der Waals surface area contributed by atoms with Gasteiger partial charge < -0.3 is 10.0 Å². The van der Waals surface area contributed by atoms with Gasteiger partial charge >= 0.3 is 6.18 Å². The maximum atomic E-state index is 12.6. The van der Waals surface area contributed by atoms with Crippen LogP contribution >= 0.6 is 15.9 Å². The molecule has 1 aliphatic rings. The van der Waals surface area contributed by atoms with E-state index in [1.54, 1.807) is 17.0 Å². The number of benzene rings is 2. The number of hydrogen-bond donors (Lipinski definition) is 1. The van der Waals surface area contributed by atoms with Gasteiger partial charge in [-0.25, -0.2) is 0 Å². The highest BCUT2D eigenvalue weighted by molar-refractivity contribution is 9.10. The molecule has 0 atom stereocenters. The monoisotopic (exact) mass is 442 g/mol. The Morgan fingerprint density at radius 3 is 2.26 bits per heavy atom. The van der Waals surface area contributed by atoms with Gasteiger partial charge in [-0.2, -0.15) is 13.2 Å². The largest absolute Gasteiger partial charge is 0.507 e. The Hall–Kier alpha value is -2.06. The Bertz CT molecular complexity index is 817. The maximum absolute atomic E-state index is 12.6. The van der Waals surface area contributed by atoms with Crippen molar-refractivity contribution >= 4 is 21.8 Å². The molecule has 0 saturated carbocycles. The molecule has 1 heterocycles. The Morgan fingerprint density at radius 1 is 1.04 bits per heavy atom. The zero-order valence-electron chi connectivity index (χ0n) is 14.3. The number of amides is 1. The number of phenols is 1. The molecule has 1 fully saturated rings. The van der Waals surface area contributed by atoms with Gasteiger partial charge in [-0.05, 0) is 35.9 Å². The molecule has 0 unspecified atom stereocenters. The van der Waals surface area contributed by atoms with E-state index in [9.17, 15) is 23.1 Å². The van der Waals surface area contributed by atoms with E-state index in [2.05, 4.69) is 20.8 Å². The molecule has 8 heteroatoms. The van der Waals surface area contributed by atoms with Gasteiger partial charge in [0.2, 0.25) is 0 Å². The molecule has 0 bridgehead atoms. The van der Waals surface area contributed by atoms with E-state index in [0.29, 0.717) is 37.2 Å². The number of hydrogen-bond acceptors (Lipinski definition) is 3. The minimum atomic E-state index is -4.33. The van der Waals surface area contributed by atoms with Crippen molar-refractivity contribution in [2.75, 3.05) is 26.2 Å². The smallest absolute Gasteiger partial charge is 0.416 e. The van der Waals surface area contributed by atoms with E-state index in [0.717, 1.165) is 17.7 Å². The molecular formula is C19H18BrF3N2O2. The fraction of sp³-hybridized carbons (Fsp3) is 0.316. The number of carbonyl (C=O) groups is 1. The molecule has 0 aromatic heterocycles. The molecule has 3 rings (SSSR count). The second-order valence-electron chi connectivity index (χ2n) is 6.42. The zero-order valence-corrected chi connectivity index (χ0v) is 15.9. The van der Waals surface area contributed by atoms with Gasteiger partial charge in [-0.15, -0.1) is 0 Å². The Labute approximate surface area is 163 Å². The van der Waals surface area contributed by atoms with Gasteiger partial charge in [-0.1, -0.05) is 28.1 Å². The number of halogens is 4. The van der Waals surface area contributed by atoms with E-state index in [-0.39, 0.29) is 17.2 Å². The second-order valence-corrected chi connectivity index (χ2v) is 7.34. The van der Waals surface area contributed by atoms with Crippen LogP contribution in [0.25, 0.3) is 0 Å². The molecule has 1 N–H and O–H groups in total. The molecule has 2 aromatic rings. The van der Waals surface area contributed by atoms with Crippen molar-refractivity contribution in [3.05, 3.63) is 63.6 Å². The number of phenolic OH excluding ortho intramolecular Hbond substituents is 1. The highest BCUT2D eigenvalue weighted by atomic mass is 79.9. The Morgan fingerprint density at radius 2 is 1.67 bits per heavy atom. The van der Waals surface area contributed by atoms with Gasteiger partial charge in [0.05, 0.1) is 11.1 Å². The first-order valence-electron chi connectivity index (χ1n) is 8.40. The maximum Gasteiger partial charge on any atom is 0.416 e. The Balaban J connectivity index is 1.57. The summed E-state index contributed by atoms with van der Waals surface area (Å²) < 4.78 is 38.6. The molecule has 1 saturated heterocycles. The number of carbonyl (C=O) groups excluding carboxylic acids is 1. The van der Waals surface area contributed by atoms with Crippen LogP contribution in [0.15, 0.2) is 46.9 Å². The molecule has 0 spiro atoms. The predicted octanol–water partition coefficient (Wildman–Crippen LogP) is 4.13. The lowest BCUT2D eigenvalue weighted by Crippen LogP contribution is -2.48. The number of nitrogens with zero attached hydrogens (tertiary/aromatic N) is 2. The molecule has 27 heavy (non-hydrogen) atoms. The van der Waals surface area contributed by atoms with Gasteiger partial charge in [0.1, 0.15) is 5.75 Å². The van der Waals surface area contributed by atoms with Crippen LogP contribution in [0.3, 0.4) is 0 Å². The molecule has 1 amide bonds. The molecule has 2 aromatic carbocycles. The second kappa shape index (κ2) is 7.90. The van der Waals surface area contributed by atoms with Crippen molar-refractivity contribution < 1.29 is 23.1 Å². The van der Waals surface area contributed by atoms with Crippen LogP contribution in [0, 0.1) is 0 Å². The van der Waals surface area contributed by atoms with Crippen molar-refractivity contribution in [1.29, 1.82) is 0 Å². The topological polar surface area (TPSA) is 43.8 Å². The summed E-state index contributed by atoms with van der Waals surface area (Å²) in [6.07, 6.45) is -4.33. The highest BCUT2D eigenvalue weighted by Gasteiger charge is 2.30. The lowest BCUT2D eigenvalue weighted by Gasteiger charge is -2.35. The van der Waals surface area contributed by atoms with E-state index >= 15 is 0 Å². The van der Waals surface area contributed by atoms with Crippen LogP contribution in [-0.4, -0.2) is 47.0 Å². The summed E-state index contributed by atoms with van der Waals surface area (Å²) in [7, 11) is 0.